The molecule has 2 aliphatic heterocycles. The first-order valence-corrected chi connectivity index (χ1v) is 15.8. The molecular formula is C25H27Cl3N4O5S2. The highest BCUT2D eigenvalue weighted by Gasteiger charge is 2.35. The van der Waals surface area contributed by atoms with Crippen LogP contribution in [0.2, 0.25) is 14.4 Å². The van der Waals surface area contributed by atoms with E-state index in [4.69, 9.17) is 34.8 Å². The number of sulfonamides is 1. The first kappa shape index (κ1) is 29.8. The lowest BCUT2D eigenvalue weighted by molar-refractivity contribution is -0.143. The molecule has 9 nitrogen and oxygen atoms in total. The molecule has 14 heteroatoms. The lowest BCUT2D eigenvalue weighted by Gasteiger charge is -2.34. The highest BCUT2D eigenvalue weighted by Crippen LogP contribution is 2.23. The van der Waals surface area contributed by atoms with E-state index in [1.807, 2.05) is 0 Å². The predicted octanol–water partition coefficient (Wildman–Crippen LogP) is 4.01. The van der Waals surface area contributed by atoms with Crippen LogP contribution in [0.4, 0.5) is 0 Å². The number of piperidine rings is 1. The molecule has 2 aliphatic rings. The van der Waals surface area contributed by atoms with E-state index in [0.717, 1.165) is 11.8 Å². The van der Waals surface area contributed by atoms with Crippen LogP contribution in [0.5, 0.6) is 0 Å². The van der Waals surface area contributed by atoms with E-state index < -0.39 is 22.0 Å². The van der Waals surface area contributed by atoms with Gasteiger partial charge >= 0.3 is 0 Å². The molecule has 0 bridgehead atoms. The number of rotatable bonds is 9. The molecule has 2 saturated heterocycles. The third kappa shape index (κ3) is 8.18. The molecule has 210 valence electrons. The van der Waals surface area contributed by atoms with Gasteiger partial charge in [0.1, 0.15) is 6.04 Å². The number of thiophene rings is 1. The van der Waals surface area contributed by atoms with Gasteiger partial charge in [0, 0.05) is 51.6 Å². The third-order valence-electron chi connectivity index (χ3n) is 6.49. The minimum atomic E-state index is -3.89. The van der Waals surface area contributed by atoms with Crippen LogP contribution >= 0.6 is 46.1 Å². The maximum absolute atomic E-state index is 13.2. The summed E-state index contributed by atoms with van der Waals surface area (Å²) in [6.45, 7) is 0.955. The average Bonchev–Trinajstić information content (AvgIpc) is 3.52. The summed E-state index contributed by atoms with van der Waals surface area (Å²) < 4.78 is 28.1. The zero-order chi connectivity index (χ0) is 28.2. The van der Waals surface area contributed by atoms with Crippen molar-refractivity contribution in [1.82, 2.24) is 19.8 Å². The molecule has 4 rings (SSSR count). The van der Waals surface area contributed by atoms with E-state index >= 15 is 0 Å². The smallest absolute Gasteiger partial charge is 0.251 e. The number of carbonyl (C=O) groups is 3. The first-order chi connectivity index (χ1) is 18.5. The van der Waals surface area contributed by atoms with E-state index in [-0.39, 0.29) is 30.9 Å². The van der Waals surface area contributed by atoms with Crippen molar-refractivity contribution in [2.45, 2.75) is 37.8 Å². The largest absolute Gasteiger partial charge is 0.350 e. The standard InChI is InChI=1S/C25H27Cl3N4O5S2/c26-17-11-16(12-18(27)13-17)24(34)29-14-19-3-1-9-32(19)23(33)15-31-8-2-4-21(25(31)35)30-39(36,37)10-7-20-5-6-22(28)38-20/h5-7,10-13,19,21,30H,1-4,8-9,14-15H2,(H,29,34)/b10-7+. The van der Waals surface area contributed by atoms with Crippen LogP contribution in [-0.2, 0) is 19.6 Å². The minimum absolute atomic E-state index is 0.158. The normalized spacial score (nSPS) is 20.1. The van der Waals surface area contributed by atoms with Gasteiger partial charge in [-0.1, -0.05) is 34.8 Å². The zero-order valence-electron chi connectivity index (χ0n) is 20.7. The van der Waals surface area contributed by atoms with Gasteiger partial charge in [-0.3, -0.25) is 14.4 Å². The quantitative estimate of drug-likeness (QED) is 0.433. The molecule has 2 N–H and O–H groups in total. The molecule has 2 aromatic rings. The second-order valence-electron chi connectivity index (χ2n) is 9.31. The fourth-order valence-electron chi connectivity index (χ4n) is 4.65. The van der Waals surface area contributed by atoms with Gasteiger partial charge in [-0.25, -0.2) is 8.42 Å². The van der Waals surface area contributed by atoms with Crippen molar-refractivity contribution in [2.24, 2.45) is 0 Å². The van der Waals surface area contributed by atoms with Gasteiger partial charge in [0.25, 0.3) is 5.91 Å². The lowest BCUT2D eigenvalue weighted by atomic mass is 10.1. The number of carbonyl (C=O) groups excluding carboxylic acids is 3. The van der Waals surface area contributed by atoms with Crippen molar-refractivity contribution in [3.8, 4) is 0 Å². The van der Waals surface area contributed by atoms with Crippen LogP contribution in [0.25, 0.3) is 6.08 Å². The Balaban J connectivity index is 1.31. The number of hydrogen-bond acceptors (Lipinski definition) is 6. The van der Waals surface area contributed by atoms with E-state index in [1.54, 1.807) is 17.0 Å². The third-order valence-corrected chi connectivity index (χ3v) is 9.23. The number of halogens is 3. The van der Waals surface area contributed by atoms with Gasteiger partial charge in [-0.05, 0) is 62.1 Å². The molecule has 1 aromatic carbocycles. The predicted molar refractivity (Wildman–Crippen MR) is 154 cm³/mol. The Morgan fingerprint density at radius 2 is 1.77 bits per heavy atom. The van der Waals surface area contributed by atoms with Crippen LogP contribution in [0.15, 0.2) is 35.7 Å². The van der Waals surface area contributed by atoms with Crippen LogP contribution in [0.1, 0.15) is 40.9 Å². The number of benzene rings is 1. The van der Waals surface area contributed by atoms with Crippen LogP contribution in [0.3, 0.4) is 0 Å². The highest BCUT2D eigenvalue weighted by molar-refractivity contribution is 7.92. The fraction of sp³-hybridized carbons (Fsp3) is 0.400. The topological polar surface area (TPSA) is 116 Å². The molecule has 39 heavy (non-hydrogen) atoms. The first-order valence-electron chi connectivity index (χ1n) is 12.3. The van der Waals surface area contributed by atoms with Gasteiger partial charge in [0.2, 0.25) is 21.8 Å². The van der Waals surface area contributed by atoms with Gasteiger partial charge in [-0.15, -0.1) is 11.3 Å². The monoisotopic (exact) mass is 632 g/mol. The molecule has 2 atom stereocenters. The Bertz CT molecular complexity index is 1360. The van der Waals surface area contributed by atoms with Crippen LogP contribution in [0, 0.1) is 0 Å². The second-order valence-corrected chi connectivity index (χ2v) is 13.5. The van der Waals surface area contributed by atoms with E-state index in [2.05, 4.69) is 10.0 Å². The Hall–Kier alpha value is -2.15. The number of nitrogens with zero attached hydrogens (tertiary/aromatic N) is 2. The van der Waals surface area contributed by atoms with Crippen molar-refractivity contribution in [3.63, 3.8) is 0 Å². The van der Waals surface area contributed by atoms with E-state index in [1.165, 1.54) is 40.5 Å². The summed E-state index contributed by atoms with van der Waals surface area (Å²) in [6, 6.07) is 6.75. The maximum atomic E-state index is 13.2. The second kappa shape index (κ2) is 13.0. The van der Waals surface area contributed by atoms with Gasteiger partial charge < -0.3 is 15.1 Å². The van der Waals surface area contributed by atoms with Crippen molar-refractivity contribution >= 4 is 80.0 Å². The van der Waals surface area contributed by atoms with Crippen molar-refractivity contribution < 1.29 is 22.8 Å². The molecule has 0 saturated carbocycles. The Morgan fingerprint density at radius 3 is 2.46 bits per heavy atom. The SMILES string of the molecule is O=C(NCC1CCCN1C(=O)CN1CCCC(NS(=O)(=O)/C=C/c2ccc(Cl)s2)C1=O)c1cc(Cl)cc(Cl)c1. The molecular weight excluding hydrogens is 607 g/mol. The summed E-state index contributed by atoms with van der Waals surface area (Å²) in [5.41, 5.74) is 0.324. The summed E-state index contributed by atoms with van der Waals surface area (Å²) >= 11 is 19.1. The molecule has 0 radical (unpaired) electrons. The molecule has 1 aromatic heterocycles. The van der Waals surface area contributed by atoms with Gasteiger partial charge in [0.15, 0.2) is 0 Å². The minimum Gasteiger partial charge on any atom is -0.350 e. The molecule has 0 spiro atoms. The number of likely N-dealkylation sites (tertiary alicyclic amines) is 2. The Morgan fingerprint density at radius 1 is 1.05 bits per heavy atom. The Labute approximate surface area is 246 Å². The molecule has 3 amide bonds. The van der Waals surface area contributed by atoms with Crippen molar-refractivity contribution in [3.05, 3.63) is 60.6 Å². The average molecular weight is 634 g/mol. The van der Waals surface area contributed by atoms with Crippen molar-refractivity contribution in [1.29, 1.82) is 0 Å². The summed E-state index contributed by atoms with van der Waals surface area (Å²) in [5, 5.41) is 4.53. The fourth-order valence-corrected chi connectivity index (χ4v) is 7.24. The number of amides is 3. The van der Waals surface area contributed by atoms with E-state index in [9.17, 15) is 22.8 Å². The van der Waals surface area contributed by atoms with Gasteiger partial charge in [0.05, 0.1) is 10.9 Å². The van der Waals surface area contributed by atoms with Crippen LogP contribution < -0.4 is 10.0 Å². The summed E-state index contributed by atoms with van der Waals surface area (Å²) in [5.74, 6) is -1.03. The Kier molecular flexibility index (Phi) is 9.95. The highest BCUT2D eigenvalue weighted by atomic mass is 35.5. The molecule has 0 aliphatic carbocycles. The lowest BCUT2D eigenvalue weighted by Crippen LogP contribution is -2.55. The molecule has 3 heterocycles. The molecule has 2 unspecified atom stereocenters. The van der Waals surface area contributed by atoms with Gasteiger partial charge in [-0.2, -0.15) is 4.72 Å². The van der Waals surface area contributed by atoms with Crippen LogP contribution in [-0.4, -0.2) is 74.2 Å². The van der Waals surface area contributed by atoms with Crippen molar-refractivity contribution in [2.75, 3.05) is 26.2 Å². The molecule has 2 fully saturated rings. The summed E-state index contributed by atoms with van der Waals surface area (Å²) in [6.07, 6.45) is 3.79. The number of hydrogen-bond donors (Lipinski definition) is 2. The summed E-state index contributed by atoms with van der Waals surface area (Å²) in [4.78, 5) is 42.5. The maximum Gasteiger partial charge on any atom is 0.251 e. The summed E-state index contributed by atoms with van der Waals surface area (Å²) in [7, 11) is -3.89. The zero-order valence-corrected chi connectivity index (χ0v) is 24.6. The number of nitrogens with one attached hydrogen (secondary N) is 2. The van der Waals surface area contributed by atoms with E-state index in [0.29, 0.717) is 57.2 Å².